The number of hydrogen-bond donors (Lipinski definition) is 3. The predicted octanol–water partition coefficient (Wildman–Crippen LogP) is -0.143. The van der Waals surface area contributed by atoms with Gasteiger partial charge in [0.2, 0.25) is 0 Å². The normalized spacial score (nSPS) is 22.8. The van der Waals surface area contributed by atoms with E-state index in [9.17, 15) is 14.4 Å². The highest BCUT2D eigenvalue weighted by atomic mass is 16.5. The van der Waals surface area contributed by atoms with Crippen LogP contribution in [-0.2, 0) is 14.3 Å². The van der Waals surface area contributed by atoms with Crippen molar-refractivity contribution in [2.45, 2.75) is 59.0 Å². The Morgan fingerprint density at radius 3 is 2.52 bits per heavy atom. The first kappa shape index (κ1) is 19.4. The summed E-state index contributed by atoms with van der Waals surface area (Å²) >= 11 is 0. The van der Waals surface area contributed by atoms with Crippen LogP contribution in [0.3, 0.4) is 0 Å². The van der Waals surface area contributed by atoms with Crippen LogP contribution in [0.15, 0.2) is 0 Å². The number of imide groups is 1. The van der Waals surface area contributed by atoms with Gasteiger partial charge in [0.25, 0.3) is 5.91 Å². The number of hydrogen-bond acceptors (Lipinski definition) is 4. The number of urea groups is 1. The minimum atomic E-state index is -0.493. The van der Waals surface area contributed by atoms with Gasteiger partial charge in [0.15, 0.2) is 6.04 Å². The Labute approximate surface area is 138 Å². The van der Waals surface area contributed by atoms with Crippen molar-refractivity contribution in [2.24, 2.45) is 5.92 Å². The molecule has 0 saturated carbocycles. The first-order valence-electron chi connectivity index (χ1n) is 8.28. The fourth-order valence-corrected chi connectivity index (χ4v) is 2.73. The Hall–Kier alpha value is -1.63. The number of nitrogens with one attached hydrogen (secondary N) is 3. The number of carbonyl (C=O) groups is 3. The van der Waals surface area contributed by atoms with Gasteiger partial charge >= 0.3 is 12.0 Å². The van der Waals surface area contributed by atoms with Gasteiger partial charge in [-0.15, -0.1) is 0 Å². The van der Waals surface area contributed by atoms with Gasteiger partial charge in [-0.25, -0.2) is 4.79 Å². The maximum Gasteiger partial charge on any atom is 0.322 e. The zero-order valence-corrected chi connectivity index (χ0v) is 14.8. The van der Waals surface area contributed by atoms with Gasteiger partial charge in [0.05, 0.1) is 19.7 Å². The minimum absolute atomic E-state index is 0.169. The van der Waals surface area contributed by atoms with Crippen LogP contribution in [0.25, 0.3) is 0 Å². The lowest BCUT2D eigenvalue weighted by molar-refractivity contribution is -0.921. The zero-order valence-electron chi connectivity index (χ0n) is 14.8. The molecule has 3 atom stereocenters. The third-order valence-electron chi connectivity index (χ3n) is 3.91. The van der Waals surface area contributed by atoms with Crippen LogP contribution in [0.2, 0.25) is 0 Å². The summed E-state index contributed by atoms with van der Waals surface area (Å²) in [6.45, 7) is 10.9. The van der Waals surface area contributed by atoms with Crippen LogP contribution in [0.5, 0.6) is 0 Å². The number of carbonyl (C=O) groups excluding carboxylic acids is 3. The Morgan fingerprint density at radius 2 is 1.96 bits per heavy atom. The van der Waals surface area contributed by atoms with Crippen molar-refractivity contribution in [1.29, 1.82) is 0 Å². The number of likely N-dealkylation sites (tertiary alicyclic amines) is 1. The van der Waals surface area contributed by atoms with Crippen LogP contribution < -0.4 is 15.5 Å². The van der Waals surface area contributed by atoms with Crippen molar-refractivity contribution < 1.29 is 24.0 Å². The van der Waals surface area contributed by atoms with Crippen molar-refractivity contribution in [2.75, 3.05) is 19.7 Å². The molecule has 23 heavy (non-hydrogen) atoms. The molecule has 1 rings (SSSR count). The molecular weight excluding hydrogens is 298 g/mol. The molecule has 3 amide bonds. The van der Waals surface area contributed by atoms with Crippen LogP contribution in [0.4, 0.5) is 4.79 Å². The zero-order chi connectivity index (χ0) is 17.6. The van der Waals surface area contributed by atoms with E-state index >= 15 is 0 Å². The van der Waals surface area contributed by atoms with E-state index in [0.717, 1.165) is 24.3 Å². The average molecular weight is 328 g/mol. The second-order valence-electron chi connectivity index (χ2n) is 7.12. The standard InChI is InChI=1S/C16H29N3O4/c1-6-23-14(21)12-8-7-9-19(10-12)11(2)13(20)17-15(22)18-16(3,4)5/h11-12H,6-10H2,1-5H3,(H2,17,18,20,22)/p+1/t11-,12-/m0/s1. The number of quaternary nitrogens is 1. The summed E-state index contributed by atoms with van der Waals surface area (Å²) in [6.07, 6.45) is 1.66. The number of ether oxygens (including phenoxy) is 1. The molecule has 0 aromatic heterocycles. The van der Waals surface area contributed by atoms with Gasteiger partial charge in [0, 0.05) is 5.54 Å². The van der Waals surface area contributed by atoms with Gasteiger partial charge in [-0.05, 0) is 47.5 Å². The molecule has 0 aromatic carbocycles. The molecule has 0 aromatic rings. The molecule has 1 saturated heterocycles. The Morgan fingerprint density at radius 1 is 1.30 bits per heavy atom. The summed E-state index contributed by atoms with van der Waals surface area (Å²) in [5, 5.41) is 5.07. The van der Waals surface area contributed by atoms with Crippen LogP contribution >= 0.6 is 0 Å². The van der Waals surface area contributed by atoms with E-state index in [0.29, 0.717) is 13.2 Å². The molecule has 7 heteroatoms. The molecule has 1 unspecified atom stereocenters. The molecule has 0 radical (unpaired) electrons. The third kappa shape index (κ3) is 6.56. The number of piperidine rings is 1. The highest BCUT2D eigenvalue weighted by Gasteiger charge is 2.35. The molecule has 1 fully saturated rings. The lowest BCUT2D eigenvalue weighted by atomic mass is 9.97. The van der Waals surface area contributed by atoms with E-state index in [1.165, 1.54) is 0 Å². The Balaban J connectivity index is 2.55. The van der Waals surface area contributed by atoms with E-state index in [-0.39, 0.29) is 17.8 Å². The molecule has 1 heterocycles. The Kier molecular flexibility index (Phi) is 7.00. The minimum Gasteiger partial charge on any atom is -0.466 e. The van der Waals surface area contributed by atoms with E-state index in [1.54, 1.807) is 13.8 Å². The van der Waals surface area contributed by atoms with Gasteiger partial charge < -0.3 is 15.0 Å². The largest absolute Gasteiger partial charge is 0.466 e. The summed E-state index contributed by atoms with van der Waals surface area (Å²) in [4.78, 5) is 36.9. The molecule has 7 nitrogen and oxygen atoms in total. The predicted molar refractivity (Wildman–Crippen MR) is 85.9 cm³/mol. The maximum atomic E-state index is 12.2. The molecule has 0 aliphatic carbocycles. The number of amides is 3. The fraction of sp³-hybridized carbons (Fsp3) is 0.812. The average Bonchev–Trinajstić information content (AvgIpc) is 2.44. The fourth-order valence-electron chi connectivity index (χ4n) is 2.73. The van der Waals surface area contributed by atoms with Crippen molar-refractivity contribution in [3.05, 3.63) is 0 Å². The van der Waals surface area contributed by atoms with E-state index in [4.69, 9.17) is 4.74 Å². The first-order valence-corrected chi connectivity index (χ1v) is 8.28. The lowest BCUT2D eigenvalue weighted by Gasteiger charge is -2.32. The van der Waals surface area contributed by atoms with Gasteiger partial charge in [-0.2, -0.15) is 0 Å². The molecule has 3 N–H and O–H groups in total. The highest BCUT2D eigenvalue weighted by Crippen LogP contribution is 2.10. The smallest absolute Gasteiger partial charge is 0.322 e. The van der Waals surface area contributed by atoms with Gasteiger partial charge in [-0.3, -0.25) is 14.9 Å². The summed E-state index contributed by atoms with van der Waals surface area (Å²) in [5.74, 6) is -0.689. The molecule has 1 aliphatic heterocycles. The second-order valence-corrected chi connectivity index (χ2v) is 7.12. The third-order valence-corrected chi connectivity index (χ3v) is 3.91. The molecule has 1 aliphatic rings. The van der Waals surface area contributed by atoms with Crippen LogP contribution in [-0.4, -0.2) is 49.2 Å². The van der Waals surface area contributed by atoms with Crippen molar-refractivity contribution in [1.82, 2.24) is 10.6 Å². The summed E-state index contributed by atoms with van der Waals surface area (Å²) < 4.78 is 5.07. The first-order chi connectivity index (χ1) is 10.6. The topological polar surface area (TPSA) is 88.9 Å². The monoisotopic (exact) mass is 328 g/mol. The summed E-state index contributed by atoms with van der Waals surface area (Å²) in [6, 6.07) is -0.884. The SMILES string of the molecule is CCOC(=O)[C@H]1CCC[NH+]([C@@H](C)C(=O)NC(=O)NC(C)(C)C)C1. The molecule has 0 bridgehead atoms. The molecular formula is C16H30N3O4+. The number of rotatable bonds is 4. The summed E-state index contributed by atoms with van der Waals surface area (Å²) in [7, 11) is 0. The van der Waals surface area contributed by atoms with E-state index < -0.39 is 17.6 Å². The van der Waals surface area contributed by atoms with Gasteiger partial charge in [0.1, 0.15) is 5.92 Å². The lowest BCUT2D eigenvalue weighted by Crippen LogP contribution is -3.18. The van der Waals surface area contributed by atoms with Gasteiger partial charge in [-0.1, -0.05) is 0 Å². The number of esters is 1. The van der Waals surface area contributed by atoms with E-state index in [1.807, 2.05) is 20.8 Å². The summed E-state index contributed by atoms with van der Waals surface area (Å²) in [5.41, 5.74) is -0.402. The molecule has 0 spiro atoms. The quantitative estimate of drug-likeness (QED) is 0.627. The van der Waals surface area contributed by atoms with Crippen molar-refractivity contribution >= 4 is 17.9 Å². The molecule has 132 valence electrons. The van der Waals surface area contributed by atoms with Crippen molar-refractivity contribution in [3.8, 4) is 0 Å². The maximum absolute atomic E-state index is 12.2. The second kappa shape index (κ2) is 8.29. The highest BCUT2D eigenvalue weighted by molar-refractivity contribution is 5.96. The van der Waals surface area contributed by atoms with Crippen LogP contribution in [0, 0.1) is 5.92 Å². The van der Waals surface area contributed by atoms with Crippen LogP contribution in [0.1, 0.15) is 47.5 Å². The van der Waals surface area contributed by atoms with E-state index in [2.05, 4.69) is 10.6 Å². The van der Waals surface area contributed by atoms with Crippen molar-refractivity contribution in [3.63, 3.8) is 0 Å². The Bertz CT molecular complexity index is 445.